The lowest BCUT2D eigenvalue weighted by atomic mass is 10.1. The van der Waals surface area contributed by atoms with E-state index in [1.54, 1.807) is 11.0 Å². The molecule has 2 amide bonds. The molecule has 2 atom stereocenters. The van der Waals surface area contributed by atoms with Crippen molar-refractivity contribution in [1.29, 1.82) is 0 Å². The predicted molar refractivity (Wildman–Crippen MR) is 87.8 cm³/mol. The lowest BCUT2D eigenvalue weighted by molar-refractivity contribution is -0.144. The first-order valence-electron chi connectivity index (χ1n) is 8.26. The van der Waals surface area contributed by atoms with E-state index in [9.17, 15) is 9.59 Å². The monoisotopic (exact) mass is 333 g/mol. The van der Waals surface area contributed by atoms with Crippen LogP contribution < -0.4 is 15.2 Å². The van der Waals surface area contributed by atoms with E-state index in [-0.39, 0.29) is 24.5 Å². The second-order valence-electron chi connectivity index (χ2n) is 6.23. The van der Waals surface area contributed by atoms with Gasteiger partial charge in [0.25, 0.3) is 5.91 Å². The number of rotatable bonds is 3. The minimum Gasteiger partial charge on any atom is -0.482 e. The highest BCUT2D eigenvalue weighted by Crippen LogP contribution is 2.33. The number of amides is 2. The van der Waals surface area contributed by atoms with Crippen LogP contribution in [0.3, 0.4) is 0 Å². The summed E-state index contributed by atoms with van der Waals surface area (Å²) in [6.07, 6.45) is -0.197. The summed E-state index contributed by atoms with van der Waals surface area (Å²) >= 11 is 0. The largest absolute Gasteiger partial charge is 0.482 e. The Bertz CT molecular complexity index is 622. The lowest BCUT2D eigenvalue weighted by Gasteiger charge is -2.34. The van der Waals surface area contributed by atoms with Gasteiger partial charge in [0.1, 0.15) is 6.10 Å². The van der Waals surface area contributed by atoms with Gasteiger partial charge in [-0.3, -0.25) is 14.5 Å². The molecule has 1 aromatic rings. The van der Waals surface area contributed by atoms with E-state index in [2.05, 4.69) is 0 Å². The fourth-order valence-electron chi connectivity index (χ4n) is 3.14. The molecule has 0 saturated carbocycles. The zero-order valence-electron chi connectivity index (χ0n) is 13.8. The molecule has 1 saturated heterocycles. The van der Waals surface area contributed by atoms with E-state index in [1.165, 1.54) is 0 Å². The number of nitrogens with zero attached hydrogens (tertiary/aromatic N) is 2. The minimum atomic E-state index is -0.650. The molecule has 2 aliphatic heterocycles. The number of hydrogen-bond donors (Lipinski definition) is 1. The summed E-state index contributed by atoms with van der Waals surface area (Å²) in [5, 5.41) is 0. The number of carbonyl (C=O) groups excluding carboxylic acids is 2. The quantitative estimate of drug-likeness (QED) is 0.856. The van der Waals surface area contributed by atoms with Gasteiger partial charge in [0.15, 0.2) is 11.5 Å². The Morgan fingerprint density at radius 2 is 1.83 bits per heavy atom. The van der Waals surface area contributed by atoms with Crippen LogP contribution >= 0.6 is 0 Å². The Morgan fingerprint density at radius 1 is 1.12 bits per heavy atom. The first-order chi connectivity index (χ1) is 11.5. The number of nitrogens with two attached hydrogens (primary N) is 1. The third-order valence-electron chi connectivity index (χ3n) is 4.37. The minimum absolute atomic E-state index is 0.0714. The van der Waals surface area contributed by atoms with Crippen molar-refractivity contribution >= 4 is 11.8 Å². The molecule has 2 heterocycles. The van der Waals surface area contributed by atoms with Gasteiger partial charge in [-0.2, -0.15) is 0 Å². The van der Waals surface area contributed by atoms with Crippen LogP contribution in [0.2, 0.25) is 0 Å². The number of para-hydroxylation sites is 2. The molecular weight excluding hydrogens is 310 g/mol. The molecule has 1 aromatic carbocycles. The van der Waals surface area contributed by atoms with Crippen molar-refractivity contribution < 1.29 is 19.1 Å². The Hall–Kier alpha value is -2.28. The lowest BCUT2D eigenvalue weighted by Crippen LogP contribution is -2.51. The van der Waals surface area contributed by atoms with Crippen molar-refractivity contribution in [2.75, 3.05) is 32.7 Å². The van der Waals surface area contributed by atoms with Crippen LogP contribution in [0.15, 0.2) is 24.3 Å². The molecule has 0 bridgehead atoms. The molecule has 7 heteroatoms. The van der Waals surface area contributed by atoms with Crippen molar-refractivity contribution in [1.82, 2.24) is 9.80 Å². The van der Waals surface area contributed by atoms with Gasteiger partial charge >= 0.3 is 0 Å². The van der Waals surface area contributed by atoms with Gasteiger partial charge in [0, 0.05) is 26.2 Å². The Morgan fingerprint density at radius 3 is 2.54 bits per heavy atom. The number of benzene rings is 1. The van der Waals surface area contributed by atoms with E-state index in [1.807, 2.05) is 30.0 Å². The normalized spacial score (nSPS) is 24.3. The number of carbonyl (C=O) groups is 2. The first-order valence-corrected chi connectivity index (χ1v) is 8.26. The summed E-state index contributed by atoms with van der Waals surface area (Å²) in [7, 11) is 0. The highest BCUT2D eigenvalue weighted by atomic mass is 16.6. The highest BCUT2D eigenvalue weighted by molar-refractivity contribution is 5.82. The van der Waals surface area contributed by atoms with Crippen molar-refractivity contribution in [3.63, 3.8) is 0 Å². The van der Waals surface area contributed by atoms with Crippen molar-refractivity contribution in [3.05, 3.63) is 24.3 Å². The van der Waals surface area contributed by atoms with Crippen LogP contribution in [0.5, 0.6) is 11.5 Å². The average Bonchev–Trinajstić information content (AvgIpc) is 2.78. The van der Waals surface area contributed by atoms with E-state index in [0.717, 1.165) is 13.0 Å². The van der Waals surface area contributed by atoms with Crippen LogP contribution in [0.4, 0.5) is 0 Å². The van der Waals surface area contributed by atoms with E-state index >= 15 is 0 Å². The molecule has 130 valence electrons. The second-order valence-corrected chi connectivity index (χ2v) is 6.23. The van der Waals surface area contributed by atoms with Gasteiger partial charge in [-0.05, 0) is 25.5 Å². The molecule has 0 spiro atoms. The third kappa shape index (κ3) is 3.62. The fraction of sp³-hybridized carbons (Fsp3) is 0.529. The van der Waals surface area contributed by atoms with Crippen molar-refractivity contribution in [3.8, 4) is 11.5 Å². The van der Waals surface area contributed by atoms with Crippen LogP contribution in [0.1, 0.15) is 13.3 Å². The van der Waals surface area contributed by atoms with Gasteiger partial charge < -0.3 is 20.1 Å². The molecule has 3 rings (SSSR count). The maximum absolute atomic E-state index is 12.9. The molecule has 2 aliphatic rings. The van der Waals surface area contributed by atoms with Crippen LogP contribution in [0.25, 0.3) is 0 Å². The zero-order chi connectivity index (χ0) is 17.1. The Kier molecular flexibility index (Phi) is 4.89. The maximum Gasteiger partial charge on any atom is 0.267 e. The number of primary amides is 1. The Balaban J connectivity index is 1.65. The van der Waals surface area contributed by atoms with Gasteiger partial charge in [0.2, 0.25) is 12.0 Å². The number of hydrogen-bond acceptors (Lipinski definition) is 5. The molecule has 1 fully saturated rings. The molecule has 0 unspecified atom stereocenters. The van der Waals surface area contributed by atoms with Gasteiger partial charge in [0.05, 0.1) is 6.54 Å². The summed E-state index contributed by atoms with van der Waals surface area (Å²) in [5.41, 5.74) is 5.25. The van der Waals surface area contributed by atoms with E-state index < -0.39 is 6.10 Å². The van der Waals surface area contributed by atoms with Gasteiger partial charge in [-0.15, -0.1) is 0 Å². The first kappa shape index (κ1) is 16.6. The summed E-state index contributed by atoms with van der Waals surface area (Å²) in [6.45, 7) is 4.66. The molecule has 24 heavy (non-hydrogen) atoms. The molecule has 0 aliphatic carbocycles. The third-order valence-corrected chi connectivity index (χ3v) is 4.37. The maximum atomic E-state index is 12.9. The fourth-order valence-corrected chi connectivity index (χ4v) is 3.14. The predicted octanol–water partition coefficient (Wildman–Crippen LogP) is 0.235. The standard InChI is InChI=1S/C17H23N3O4/c1-12-16(24-14-6-3-2-5-13(14)23-12)17(22)20-8-4-7-19(9-10-20)11-15(18)21/h2-3,5-6,12,16H,4,7-11H2,1H3,(H2,18,21)/t12-,16-/m1/s1. The second kappa shape index (κ2) is 7.09. The van der Waals surface area contributed by atoms with Crippen LogP contribution in [-0.4, -0.2) is 66.5 Å². The van der Waals surface area contributed by atoms with Gasteiger partial charge in [-0.25, -0.2) is 0 Å². The molecule has 7 nitrogen and oxygen atoms in total. The highest BCUT2D eigenvalue weighted by Gasteiger charge is 2.37. The van der Waals surface area contributed by atoms with E-state index in [4.69, 9.17) is 15.2 Å². The smallest absolute Gasteiger partial charge is 0.267 e. The number of fused-ring (bicyclic) bond motifs is 1. The summed E-state index contributed by atoms with van der Waals surface area (Å²) < 4.78 is 11.7. The van der Waals surface area contributed by atoms with Crippen LogP contribution in [0, 0.1) is 0 Å². The van der Waals surface area contributed by atoms with Crippen LogP contribution in [-0.2, 0) is 9.59 Å². The van der Waals surface area contributed by atoms with Gasteiger partial charge in [-0.1, -0.05) is 12.1 Å². The van der Waals surface area contributed by atoms with Crippen molar-refractivity contribution in [2.45, 2.75) is 25.6 Å². The summed E-state index contributed by atoms with van der Waals surface area (Å²) in [5.74, 6) is 0.846. The molecular formula is C17H23N3O4. The van der Waals surface area contributed by atoms with E-state index in [0.29, 0.717) is 31.1 Å². The summed E-state index contributed by atoms with van der Waals surface area (Å²) in [4.78, 5) is 27.7. The van der Waals surface area contributed by atoms with Crippen molar-refractivity contribution in [2.24, 2.45) is 5.73 Å². The molecule has 2 N–H and O–H groups in total. The Labute approximate surface area is 141 Å². The summed E-state index contributed by atoms with van der Waals surface area (Å²) in [6, 6.07) is 7.37. The molecule has 0 radical (unpaired) electrons. The average molecular weight is 333 g/mol. The molecule has 0 aromatic heterocycles. The zero-order valence-corrected chi connectivity index (χ0v) is 13.8. The number of ether oxygens (including phenoxy) is 2. The SMILES string of the molecule is C[C@H]1Oc2ccccc2O[C@H]1C(=O)N1CCCN(CC(N)=O)CC1. The topological polar surface area (TPSA) is 85.1 Å².